The van der Waals surface area contributed by atoms with E-state index in [1.807, 2.05) is 25.1 Å². The molecule has 0 saturated heterocycles. The van der Waals surface area contributed by atoms with E-state index in [4.69, 9.17) is 9.47 Å². The van der Waals surface area contributed by atoms with E-state index in [1.165, 1.54) is 0 Å². The molecule has 0 heterocycles. The highest BCUT2D eigenvalue weighted by Crippen LogP contribution is 2.25. The van der Waals surface area contributed by atoms with Crippen molar-refractivity contribution in [2.75, 3.05) is 13.7 Å². The minimum atomic E-state index is -0.283. The average molecular weight is 377 g/mol. The number of nitrogens with one attached hydrogen (secondary N) is 1. The number of carbonyl (C=O) groups excluding carboxylic acids is 1. The molecule has 0 fully saturated rings. The van der Waals surface area contributed by atoms with Gasteiger partial charge in [-0.15, -0.1) is 0 Å². The van der Waals surface area contributed by atoms with E-state index in [2.05, 4.69) is 26.5 Å². The lowest BCUT2D eigenvalue weighted by Gasteiger charge is -2.06. The maximum atomic E-state index is 11.9. The van der Waals surface area contributed by atoms with Crippen LogP contribution in [0.5, 0.6) is 11.5 Å². The molecule has 2 aromatic carbocycles. The van der Waals surface area contributed by atoms with Crippen molar-refractivity contribution in [3.8, 4) is 11.5 Å². The van der Waals surface area contributed by atoms with Crippen LogP contribution in [-0.4, -0.2) is 25.8 Å². The summed E-state index contributed by atoms with van der Waals surface area (Å²) in [5.74, 6) is 1.19. The highest BCUT2D eigenvalue weighted by Gasteiger charge is 2.04. The largest absolute Gasteiger partial charge is 0.497 e. The standard InChI is InChI=1S/C17H17BrN2O3/c1-3-23-16-9-4-12(10-15(16)18)11-19-20-17(21)13-5-7-14(22-2)8-6-13/h4-11H,3H2,1-2H3,(H,20,21)/b19-11-. The molecule has 2 rings (SSSR count). The second kappa shape index (κ2) is 8.33. The van der Waals surface area contributed by atoms with Crippen molar-refractivity contribution in [2.24, 2.45) is 5.10 Å². The van der Waals surface area contributed by atoms with Crippen LogP contribution in [0.1, 0.15) is 22.8 Å². The monoisotopic (exact) mass is 376 g/mol. The first-order chi connectivity index (χ1) is 11.1. The summed E-state index contributed by atoms with van der Waals surface area (Å²) in [5, 5.41) is 3.96. The number of hydrogen-bond donors (Lipinski definition) is 1. The predicted octanol–water partition coefficient (Wildman–Crippen LogP) is 3.62. The summed E-state index contributed by atoms with van der Waals surface area (Å²) >= 11 is 3.43. The van der Waals surface area contributed by atoms with Gasteiger partial charge in [0.2, 0.25) is 0 Å². The number of hydrazone groups is 1. The number of carbonyl (C=O) groups is 1. The zero-order chi connectivity index (χ0) is 16.7. The van der Waals surface area contributed by atoms with Crippen LogP contribution in [0.4, 0.5) is 0 Å². The Morgan fingerprint density at radius 2 is 2.00 bits per heavy atom. The third-order valence-corrected chi connectivity index (χ3v) is 3.61. The fourth-order valence-electron chi connectivity index (χ4n) is 1.84. The third kappa shape index (κ3) is 4.82. The van der Waals surface area contributed by atoms with Gasteiger partial charge >= 0.3 is 0 Å². The fourth-order valence-corrected chi connectivity index (χ4v) is 2.35. The number of methoxy groups -OCH3 is 1. The molecule has 0 unspecified atom stereocenters. The summed E-state index contributed by atoms with van der Waals surface area (Å²) in [5.41, 5.74) is 3.84. The van der Waals surface area contributed by atoms with E-state index < -0.39 is 0 Å². The number of rotatable bonds is 6. The number of halogens is 1. The van der Waals surface area contributed by atoms with Gasteiger partial charge in [-0.2, -0.15) is 5.10 Å². The average Bonchev–Trinajstić information content (AvgIpc) is 2.57. The Morgan fingerprint density at radius 3 is 2.61 bits per heavy atom. The molecule has 6 heteroatoms. The van der Waals surface area contributed by atoms with Crippen LogP contribution in [-0.2, 0) is 0 Å². The molecule has 1 amide bonds. The predicted molar refractivity (Wildman–Crippen MR) is 93.4 cm³/mol. The van der Waals surface area contributed by atoms with Gasteiger partial charge in [-0.25, -0.2) is 5.43 Å². The molecule has 0 bridgehead atoms. The maximum absolute atomic E-state index is 11.9. The highest BCUT2D eigenvalue weighted by molar-refractivity contribution is 9.10. The summed E-state index contributed by atoms with van der Waals surface area (Å²) in [7, 11) is 1.58. The lowest BCUT2D eigenvalue weighted by Crippen LogP contribution is -2.17. The van der Waals surface area contributed by atoms with Gasteiger partial charge in [0.25, 0.3) is 5.91 Å². The highest BCUT2D eigenvalue weighted by atomic mass is 79.9. The summed E-state index contributed by atoms with van der Waals surface area (Å²) in [6.07, 6.45) is 1.57. The molecule has 0 atom stereocenters. The van der Waals surface area contributed by atoms with Crippen LogP contribution in [0.3, 0.4) is 0 Å². The molecule has 0 aliphatic rings. The Balaban J connectivity index is 1.97. The zero-order valence-corrected chi connectivity index (χ0v) is 14.5. The molecule has 0 saturated carbocycles. The van der Waals surface area contributed by atoms with Gasteiger partial charge in [-0.3, -0.25) is 4.79 Å². The Kier molecular flexibility index (Phi) is 6.17. The second-order valence-electron chi connectivity index (χ2n) is 4.55. The number of benzene rings is 2. The molecule has 1 N–H and O–H groups in total. The maximum Gasteiger partial charge on any atom is 0.271 e. The lowest BCUT2D eigenvalue weighted by atomic mass is 10.2. The van der Waals surface area contributed by atoms with E-state index >= 15 is 0 Å². The Bertz CT molecular complexity index is 699. The molecule has 0 radical (unpaired) electrons. The summed E-state index contributed by atoms with van der Waals surface area (Å²) in [6, 6.07) is 12.4. The van der Waals surface area contributed by atoms with Crippen molar-refractivity contribution >= 4 is 28.1 Å². The SMILES string of the molecule is CCOc1ccc(/C=N\NC(=O)c2ccc(OC)cc2)cc1Br. The third-order valence-electron chi connectivity index (χ3n) is 2.99. The first-order valence-corrected chi connectivity index (χ1v) is 7.83. The van der Waals surface area contributed by atoms with Crippen molar-refractivity contribution in [2.45, 2.75) is 6.92 Å². The fraction of sp³-hybridized carbons (Fsp3) is 0.176. The molecular weight excluding hydrogens is 360 g/mol. The smallest absolute Gasteiger partial charge is 0.271 e. The van der Waals surface area contributed by atoms with Crippen molar-refractivity contribution < 1.29 is 14.3 Å². The molecule has 2 aromatic rings. The Morgan fingerprint density at radius 1 is 1.26 bits per heavy atom. The van der Waals surface area contributed by atoms with Crippen LogP contribution < -0.4 is 14.9 Å². The normalized spacial score (nSPS) is 10.6. The van der Waals surface area contributed by atoms with E-state index in [9.17, 15) is 4.79 Å². The molecule has 5 nitrogen and oxygen atoms in total. The van der Waals surface area contributed by atoms with Crippen LogP contribution in [0.15, 0.2) is 52.0 Å². The van der Waals surface area contributed by atoms with E-state index in [-0.39, 0.29) is 5.91 Å². The van der Waals surface area contributed by atoms with Gasteiger partial charge in [0.05, 0.1) is 24.4 Å². The number of ether oxygens (including phenoxy) is 2. The zero-order valence-electron chi connectivity index (χ0n) is 12.9. The van der Waals surface area contributed by atoms with E-state index in [0.29, 0.717) is 17.9 Å². The van der Waals surface area contributed by atoms with Crippen LogP contribution in [0, 0.1) is 0 Å². The molecule has 0 aliphatic heterocycles. The Labute approximate surface area is 143 Å². The molecule has 0 aliphatic carbocycles. The van der Waals surface area contributed by atoms with Gasteiger partial charge < -0.3 is 9.47 Å². The number of hydrogen-bond acceptors (Lipinski definition) is 4. The molecular formula is C17H17BrN2O3. The number of nitrogens with zero attached hydrogens (tertiary/aromatic N) is 1. The van der Waals surface area contributed by atoms with Crippen LogP contribution >= 0.6 is 15.9 Å². The molecule has 0 aromatic heterocycles. The minimum Gasteiger partial charge on any atom is -0.497 e. The van der Waals surface area contributed by atoms with Crippen molar-refractivity contribution in [3.05, 3.63) is 58.1 Å². The summed E-state index contributed by atoms with van der Waals surface area (Å²) < 4.78 is 11.3. The van der Waals surface area contributed by atoms with Crippen LogP contribution in [0.2, 0.25) is 0 Å². The summed E-state index contributed by atoms with van der Waals surface area (Å²) in [6.45, 7) is 2.53. The molecule has 23 heavy (non-hydrogen) atoms. The van der Waals surface area contributed by atoms with Crippen molar-refractivity contribution in [1.29, 1.82) is 0 Å². The van der Waals surface area contributed by atoms with Crippen molar-refractivity contribution in [3.63, 3.8) is 0 Å². The lowest BCUT2D eigenvalue weighted by molar-refractivity contribution is 0.0955. The first-order valence-electron chi connectivity index (χ1n) is 7.04. The van der Waals surface area contributed by atoms with Gasteiger partial charge in [0.15, 0.2) is 0 Å². The van der Waals surface area contributed by atoms with Gasteiger partial charge in [-0.05, 0) is 70.9 Å². The summed E-state index contributed by atoms with van der Waals surface area (Å²) in [4.78, 5) is 11.9. The topological polar surface area (TPSA) is 59.9 Å². The molecule has 120 valence electrons. The quantitative estimate of drug-likeness (QED) is 0.618. The van der Waals surface area contributed by atoms with Crippen LogP contribution in [0.25, 0.3) is 0 Å². The molecule has 0 spiro atoms. The minimum absolute atomic E-state index is 0.283. The number of amides is 1. The van der Waals surface area contributed by atoms with E-state index in [0.717, 1.165) is 15.8 Å². The van der Waals surface area contributed by atoms with Gasteiger partial charge in [-0.1, -0.05) is 0 Å². The van der Waals surface area contributed by atoms with Gasteiger partial charge in [0, 0.05) is 5.56 Å². The second-order valence-corrected chi connectivity index (χ2v) is 5.40. The van der Waals surface area contributed by atoms with E-state index in [1.54, 1.807) is 37.6 Å². The van der Waals surface area contributed by atoms with Gasteiger partial charge in [0.1, 0.15) is 11.5 Å². The first kappa shape index (κ1) is 17.0. The van der Waals surface area contributed by atoms with Crippen molar-refractivity contribution in [1.82, 2.24) is 5.43 Å². The Hall–Kier alpha value is -2.34.